The Balaban J connectivity index is 1.29. The van der Waals surface area contributed by atoms with E-state index in [-0.39, 0.29) is 23.5 Å². The van der Waals surface area contributed by atoms with Crippen LogP contribution >= 0.6 is 0 Å². The maximum Gasteiger partial charge on any atom is 0.278 e. The van der Waals surface area contributed by atoms with Crippen LogP contribution in [0.1, 0.15) is 37.8 Å². The number of aliphatic imine (C=N–C) groups is 1. The minimum Gasteiger partial charge on any atom is -0.386 e. The highest BCUT2D eigenvalue weighted by Gasteiger charge is 2.31. The number of allylic oxidation sites excluding steroid dienone is 1. The first kappa shape index (κ1) is 27.5. The van der Waals surface area contributed by atoms with Gasteiger partial charge < -0.3 is 21.1 Å². The first-order valence-corrected chi connectivity index (χ1v) is 13.8. The SMILES string of the molecule is C=CCn1c(=O)c(/C=N\C(=C)Nc2ccc(N3CCN(C4CC4)CC3)cc2)c(N)n1-c1cccc(C(C)(C)O)c1. The average Bonchev–Trinajstić information content (AvgIpc) is 3.75. The largest absolute Gasteiger partial charge is 0.386 e. The highest BCUT2D eigenvalue weighted by atomic mass is 16.3. The van der Waals surface area contributed by atoms with Gasteiger partial charge in [-0.15, -0.1) is 6.58 Å². The molecule has 40 heavy (non-hydrogen) atoms. The molecule has 1 aromatic heterocycles. The summed E-state index contributed by atoms with van der Waals surface area (Å²) in [6.07, 6.45) is 5.78. The summed E-state index contributed by atoms with van der Waals surface area (Å²) in [5.41, 5.74) is 8.81. The van der Waals surface area contributed by atoms with Crippen molar-refractivity contribution in [1.82, 2.24) is 14.3 Å². The van der Waals surface area contributed by atoms with Crippen LogP contribution in [0.15, 0.2) is 83.4 Å². The predicted molar refractivity (Wildman–Crippen MR) is 163 cm³/mol. The second kappa shape index (κ2) is 11.2. The molecule has 2 aliphatic rings. The van der Waals surface area contributed by atoms with Crippen LogP contribution in [-0.4, -0.2) is 57.8 Å². The van der Waals surface area contributed by atoms with Crippen molar-refractivity contribution in [2.45, 2.75) is 44.9 Å². The molecule has 1 saturated carbocycles. The number of nitrogen functional groups attached to an aromatic ring is 1. The molecule has 2 fully saturated rings. The van der Waals surface area contributed by atoms with Crippen LogP contribution in [-0.2, 0) is 12.1 Å². The molecule has 0 atom stereocenters. The van der Waals surface area contributed by atoms with Crippen molar-refractivity contribution in [2.24, 2.45) is 4.99 Å². The van der Waals surface area contributed by atoms with Gasteiger partial charge in [-0.3, -0.25) is 9.69 Å². The number of aromatic nitrogens is 2. The molecule has 0 radical (unpaired) electrons. The van der Waals surface area contributed by atoms with E-state index in [0.29, 0.717) is 17.1 Å². The average molecular weight is 542 g/mol. The third-order valence-corrected chi connectivity index (χ3v) is 7.56. The van der Waals surface area contributed by atoms with Crippen LogP contribution in [0.3, 0.4) is 0 Å². The zero-order valence-electron chi connectivity index (χ0n) is 23.4. The van der Waals surface area contributed by atoms with E-state index in [1.807, 2.05) is 36.4 Å². The summed E-state index contributed by atoms with van der Waals surface area (Å²) >= 11 is 0. The van der Waals surface area contributed by atoms with Gasteiger partial charge in [0.1, 0.15) is 17.2 Å². The van der Waals surface area contributed by atoms with Crippen molar-refractivity contribution in [1.29, 1.82) is 0 Å². The van der Waals surface area contributed by atoms with Crippen LogP contribution in [0.25, 0.3) is 5.69 Å². The highest BCUT2D eigenvalue weighted by molar-refractivity contribution is 5.86. The van der Waals surface area contributed by atoms with Crippen LogP contribution in [0.2, 0.25) is 0 Å². The molecule has 1 aliphatic carbocycles. The fraction of sp³-hybridized carbons (Fsp3) is 0.355. The van der Waals surface area contributed by atoms with Crippen LogP contribution < -0.4 is 21.5 Å². The molecule has 0 spiro atoms. The molecule has 1 saturated heterocycles. The maximum absolute atomic E-state index is 13.3. The Morgan fingerprint density at radius 3 is 2.45 bits per heavy atom. The van der Waals surface area contributed by atoms with Crippen LogP contribution in [0.5, 0.6) is 0 Å². The van der Waals surface area contributed by atoms with E-state index < -0.39 is 5.60 Å². The van der Waals surface area contributed by atoms with Crippen molar-refractivity contribution in [2.75, 3.05) is 42.1 Å². The predicted octanol–water partition coefficient (Wildman–Crippen LogP) is 3.92. The standard InChI is InChI=1S/C31H39N7O2/c1-5-15-37-30(39)28(29(32)38(37)27-8-6-7-23(20-27)31(3,4)40)21-33-22(2)34-24-9-11-25(12-10-24)35-16-18-36(19-17-35)26-13-14-26/h5-12,20-21,26,34,40H,1-2,13-19,32H2,3-4H3/b33-21-. The third kappa shape index (κ3) is 5.90. The molecule has 0 amide bonds. The number of nitrogens with two attached hydrogens (primary N) is 1. The van der Waals surface area contributed by atoms with Gasteiger partial charge in [0.15, 0.2) is 0 Å². The minimum absolute atomic E-state index is 0.238. The molecule has 5 rings (SSSR count). The lowest BCUT2D eigenvalue weighted by Gasteiger charge is -2.36. The van der Waals surface area contributed by atoms with E-state index >= 15 is 0 Å². The normalized spacial score (nSPS) is 16.4. The Morgan fingerprint density at radius 1 is 1.12 bits per heavy atom. The van der Waals surface area contributed by atoms with Crippen molar-refractivity contribution in [3.8, 4) is 5.69 Å². The van der Waals surface area contributed by atoms with Gasteiger partial charge in [0, 0.05) is 49.8 Å². The molecule has 210 valence electrons. The quantitative estimate of drug-likeness (QED) is 0.266. The second-order valence-corrected chi connectivity index (χ2v) is 11.0. The summed E-state index contributed by atoms with van der Waals surface area (Å²) in [6, 6.07) is 16.4. The van der Waals surface area contributed by atoms with E-state index in [0.717, 1.165) is 37.9 Å². The lowest BCUT2D eigenvalue weighted by Crippen LogP contribution is -2.47. The van der Waals surface area contributed by atoms with E-state index in [1.54, 1.807) is 24.6 Å². The number of hydrogen-bond donors (Lipinski definition) is 3. The molecule has 3 aromatic rings. The fourth-order valence-electron chi connectivity index (χ4n) is 5.17. The number of anilines is 3. The third-order valence-electron chi connectivity index (χ3n) is 7.56. The molecule has 0 unspecified atom stereocenters. The molecule has 2 heterocycles. The summed E-state index contributed by atoms with van der Waals surface area (Å²) in [5.74, 6) is 0.624. The van der Waals surface area contributed by atoms with Crippen molar-refractivity contribution < 1.29 is 5.11 Å². The van der Waals surface area contributed by atoms with Crippen molar-refractivity contribution in [3.63, 3.8) is 0 Å². The molecule has 1 aliphatic heterocycles. The summed E-state index contributed by atoms with van der Waals surface area (Å²) in [7, 11) is 0. The number of piperazine rings is 1. The lowest BCUT2D eigenvalue weighted by atomic mass is 9.98. The second-order valence-electron chi connectivity index (χ2n) is 11.0. The molecular formula is C31H39N7O2. The van der Waals surface area contributed by atoms with Crippen LogP contribution in [0, 0.1) is 0 Å². The van der Waals surface area contributed by atoms with Gasteiger partial charge in [-0.05, 0) is 68.7 Å². The summed E-state index contributed by atoms with van der Waals surface area (Å²) in [6.45, 7) is 15.8. The molecule has 9 nitrogen and oxygen atoms in total. The zero-order chi connectivity index (χ0) is 28.4. The minimum atomic E-state index is -1.04. The Labute approximate surface area is 235 Å². The molecule has 2 aromatic carbocycles. The Bertz CT molecular complexity index is 1460. The Hall–Kier alpha value is -4.08. The van der Waals surface area contributed by atoms with Gasteiger partial charge in [0.05, 0.1) is 17.8 Å². The summed E-state index contributed by atoms with van der Waals surface area (Å²) in [5, 5.41) is 13.7. The van der Waals surface area contributed by atoms with E-state index in [4.69, 9.17) is 5.73 Å². The number of nitrogens with zero attached hydrogens (tertiary/aromatic N) is 5. The van der Waals surface area contributed by atoms with Crippen LogP contribution in [0.4, 0.5) is 17.2 Å². The Morgan fingerprint density at radius 2 is 1.82 bits per heavy atom. The van der Waals surface area contributed by atoms with Gasteiger partial charge in [-0.1, -0.05) is 24.8 Å². The topological polar surface area (TPSA) is 104 Å². The summed E-state index contributed by atoms with van der Waals surface area (Å²) < 4.78 is 3.12. The lowest BCUT2D eigenvalue weighted by molar-refractivity contribution is 0.0786. The highest BCUT2D eigenvalue weighted by Crippen LogP contribution is 2.29. The van der Waals surface area contributed by atoms with Gasteiger partial charge in [-0.25, -0.2) is 14.4 Å². The van der Waals surface area contributed by atoms with E-state index in [9.17, 15) is 9.90 Å². The number of nitrogens with one attached hydrogen (secondary N) is 1. The molecule has 9 heteroatoms. The molecular weight excluding hydrogens is 502 g/mol. The first-order chi connectivity index (χ1) is 19.2. The van der Waals surface area contributed by atoms with Crippen molar-refractivity contribution in [3.05, 3.63) is 95.1 Å². The fourth-order valence-corrected chi connectivity index (χ4v) is 5.17. The number of benzene rings is 2. The number of hydrogen-bond acceptors (Lipinski definition) is 7. The van der Waals surface area contributed by atoms with Gasteiger partial charge >= 0.3 is 0 Å². The monoisotopic (exact) mass is 541 g/mol. The van der Waals surface area contributed by atoms with Crippen molar-refractivity contribution >= 4 is 23.4 Å². The maximum atomic E-state index is 13.3. The van der Waals surface area contributed by atoms with Gasteiger partial charge in [-0.2, -0.15) is 0 Å². The van der Waals surface area contributed by atoms with Gasteiger partial charge in [0.25, 0.3) is 5.56 Å². The number of aliphatic hydroxyl groups is 1. The smallest absolute Gasteiger partial charge is 0.278 e. The molecule has 4 N–H and O–H groups in total. The number of rotatable bonds is 10. The Kier molecular flexibility index (Phi) is 7.69. The van der Waals surface area contributed by atoms with E-state index in [2.05, 4.69) is 45.4 Å². The van der Waals surface area contributed by atoms with E-state index in [1.165, 1.54) is 29.4 Å². The molecule has 0 bridgehead atoms. The summed E-state index contributed by atoms with van der Waals surface area (Å²) in [4.78, 5) is 22.7. The first-order valence-electron chi connectivity index (χ1n) is 13.8. The zero-order valence-corrected chi connectivity index (χ0v) is 23.4. The van der Waals surface area contributed by atoms with Gasteiger partial charge in [0.2, 0.25) is 0 Å².